The average molecular weight is 260 g/mol. The number of thiophene rings is 1. The monoisotopic (exact) mass is 259 g/mol. The molecule has 0 aromatic carbocycles. The molecule has 16 heavy (non-hydrogen) atoms. The molecule has 0 fully saturated rings. The Balaban J connectivity index is 2.44. The lowest BCUT2D eigenvalue weighted by atomic mass is 10.2. The molecule has 0 saturated heterocycles. The van der Waals surface area contributed by atoms with Crippen molar-refractivity contribution in [2.75, 3.05) is 6.54 Å². The van der Waals surface area contributed by atoms with Gasteiger partial charge in [0.1, 0.15) is 0 Å². The number of carbonyl (C=O) groups is 1. The molecular formula is C11H14ClNO2S. The van der Waals surface area contributed by atoms with Gasteiger partial charge >= 0.3 is 5.97 Å². The molecule has 0 aliphatic rings. The Hall–Kier alpha value is -0.840. The molecule has 1 heterocycles. The van der Waals surface area contributed by atoms with Crippen LogP contribution in [-0.4, -0.2) is 17.6 Å². The summed E-state index contributed by atoms with van der Waals surface area (Å²) in [7, 11) is 0. The lowest BCUT2D eigenvalue weighted by molar-refractivity contribution is -0.132. The lowest BCUT2D eigenvalue weighted by Crippen LogP contribution is -2.18. The fraction of sp³-hybridized carbons (Fsp3) is 0.364. The van der Waals surface area contributed by atoms with Crippen molar-refractivity contribution in [3.63, 3.8) is 0 Å². The molecule has 1 aromatic heterocycles. The second kappa shape index (κ2) is 6.03. The minimum atomic E-state index is -0.881. The predicted molar refractivity (Wildman–Crippen MR) is 67.1 cm³/mol. The normalized spacial score (nSPS) is 13.8. The van der Waals surface area contributed by atoms with Gasteiger partial charge in [-0.1, -0.05) is 17.7 Å². The van der Waals surface area contributed by atoms with Crippen molar-refractivity contribution >= 4 is 28.9 Å². The largest absolute Gasteiger partial charge is 0.478 e. The summed E-state index contributed by atoms with van der Waals surface area (Å²) in [6, 6.07) is 4.01. The zero-order valence-electron chi connectivity index (χ0n) is 9.16. The standard InChI is InChI=1S/C11H14ClNO2S/c1-7(11(14)15)5-6-13-8(2)9-3-4-10(12)16-9/h3-5,8,13H,6H2,1-2H3,(H,14,15)/b7-5-. The summed E-state index contributed by atoms with van der Waals surface area (Å²) in [6.45, 7) is 4.14. The Kier molecular flexibility index (Phi) is 4.99. The molecule has 0 spiro atoms. The first kappa shape index (κ1) is 13.2. The highest BCUT2D eigenvalue weighted by Crippen LogP contribution is 2.26. The summed E-state index contributed by atoms with van der Waals surface area (Å²) in [5.74, 6) is -0.881. The average Bonchev–Trinajstić information content (AvgIpc) is 2.64. The smallest absolute Gasteiger partial charge is 0.330 e. The number of hydrogen-bond donors (Lipinski definition) is 2. The quantitative estimate of drug-likeness (QED) is 0.799. The van der Waals surface area contributed by atoms with E-state index in [9.17, 15) is 4.79 Å². The van der Waals surface area contributed by atoms with Crippen LogP contribution in [0.5, 0.6) is 0 Å². The summed E-state index contributed by atoms with van der Waals surface area (Å²) >= 11 is 7.36. The van der Waals surface area contributed by atoms with Crippen LogP contribution in [0, 0.1) is 0 Å². The third kappa shape index (κ3) is 3.96. The van der Waals surface area contributed by atoms with Crippen molar-refractivity contribution < 1.29 is 9.90 Å². The maximum absolute atomic E-state index is 10.5. The zero-order chi connectivity index (χ0) is 12.1. The maximum atomic E-state index is 10.5. The van der Waals surface area contributed by atoms with Gasteiger partial charge in [-0.3, -0.25) is 0 Å². The van der Waals surface area contributed by atoms with E-state index < -0.39 is 5.97 Å². The van der Waals surface area contributed by atoms with Crippen LogP contribution in [0.15, 0.2) is 23.8 Å². The maximum Gasteiger partial charge on any atom is 0.330 e. The second-order valence-corrected chi connectivity index (χ2v) is 5.21. The molecule has 0 aliphatic heterocycles. The summed E-state index contributed by atoms with van der Waals surface area (Å²) < 4.78 is 0.765. The van der Waals surface area contributed by atoms with Crippen LogP contribution in [-0.2, 0) is 4.79 Å². The number of halogens is 1. The van der Waals surface area contributed by atoms with Crippen molar-refractivity contribution in [3.05, 3.63) is 33.0 Å². The molecular weight excluding hydrogens is 246 g/mol. The van der Waals surface area contributed by atoms with Crippen LogP contribution in [0.25, 0.3) is 0 Å². The number of carboxylic acid groups (broad SMARTS) is 1. The topological polar surface area (TPSA) is 49.3 Å². The minimum absolute atomic E-state index is 0.176. The molecule has 1 atom stereocenters. The summed E-state index contributed by atoms with van der Waals surface area (Å²) in [4.78, 5) is 11.7. The molecule has 0 radical (unpaired) electrons. The summed E-state index contributed by atoms with van der Waals surface area (Å²) in [5.41, 5.74) is 0.351. The Morgan fingerprint density at radius 2 is 2.38 bits per heavy atom. The van der Waals surface area contributed by atoms with E-state index >= 15 is 0 Å². The number of hydrogen-bond acceptors (Lipinski definition) is 3. The van der Waals surface area contributed by atoms with E-state index in [1.807, 2.05) is 19.1 Å². The van der Waals surface area contributed by atoms with Crippen LogP contribution < -0.4 is 5.32 Å². The highest BCUT2D eigenvalue weighted by atomic mass is 35.5. The van der Waals surface area contributed by atoms with Gasteiger partial charge in [-0.15, -0.1) is 11.3 Å². The molecule has 0 aliphatic carbocycles. The van der Waals surface area contributed by atoms with E-state index in [1.54, 1.807) is 13.0 Å². The third-order valence-corrected chi connectivity index (χ3v) is 3.60. The van der Waals surface area contributed by atoms with Gasteiger partial charge in [0.25, 0.3) is 0 Å². The van der Waals surface area contributed by atoms with Crippen molar-refractivity contribution in [2.24, 2.45) is 0 Å². The van der Waals surface area contributed by atoms with Crippen molar-refractivity contribution in [2.45, 2.75) is 19.9 Å². The van der Waals surface area contributed by atoms with E-state index in [2.05, 4.69) is 5.32 Å². The summed E-state index contributed by atoms with van der Waals surface area (Å²) in [5, 5.41) is 11.9. The van der Waals surface area contributed by atoms with E-state index in [0.717, 1.165) is 9.21 Å². The van der Waals surface area contributed by atoms with Gasteiger partial charge < -0.3 is 10.4 Å². The molecule has 0 saturated carbocycles. The van der Waals surface area contributed by atoms with Crippen LogP contribution in [0.1, 0.15) is 24.8 Å². The van der Waals surface area contributed by atoms with Crippen molar-refractivity contribution in [1.29, 1.82) is 0 Å². The molecule has 0 amide bonds. The number of aliphatic carboxylic acids is 1. The molecule has 1 aromatic rings. The fourth-order valence-electron chi connectivity index (χ4n) is 1.14. The minimum Gasteiger partial charge on any atom is -0.478 e. The molecule has 1 unspecified atom stereocenters. The van der Waals surface area contributed by atoms with E-state index in [4.69, 9.17) is 16.7 Å². The SMILES string of the molecule is C/C(=C/CNC(C)c1ccc(Cl)s1)C(=O)O. The van der Waals surface area contributed by atoms with E-state index in [1.165, 1.54) is 11.3 Å². The van der Waals surface area contributed by atoms with Crippen LogP contribution in [0.4, 0.5) is 0 Å². The molecule has 3 nitrogen and oxygen atoms in total. The number of rotatable bonds is 5. The zero-order valence-corrected chi connectivity index (χ0v) is 10.7. The first-order valence-corrected chi connectivity index (χ1v) is 6.09. The van der Waals surface area contributed by atoms with E-state index in [-0.39, 0.29) is 6.04 Å². The Morgan fingerprint density at radius 3 is 2.88 bits per heavy atom. The van der Waals surface area contributed by atoms with Gasteiger partial charge in [-0.2, -0.15) is 0 Å². The van der Waals surface area contributed by atoms with Crippen LogP contribution >= 0.6 is 22.9 Å². The Morgan fingerprint density at radius 1 is 1.69 bits per heavy atom. The molecule has 1 rings (SSSR count). The van der Waals surface area contributed by atoms with Crippen molar-refractivity contribution in [1.82, 2.24) is 5.32 Å². The van der Waals surface area contributed by atoms with Crippen molar-refractivity contribution in [3.8, 4) is 0 Å². The van der Waals surface area contributed by atoms with Crippen LogP contribution in [0.2, 0.25) is 4.34 Å². The Bertz CT molecular complexity index is 400. The van der Waals surface area contributed by atoms with Gasteiger partial charge in [-0.05, 0) is 26.0 Å². The molecule has 88 valence electrons. The van der Waals surface area contributed by atoms with E-state index in [0.29, 0.717) is 12.1 Å². The van der Waals surface area contributed by atoms with Gasteiger partial charge in [0.2, 0.25) is 0 Å². The highest BCUT2D eigenvalue weighted by Gasteiger charge is 2.06. The number of nitrogens with one attached hydrogen (secondary N) is 1. The van der Waals surface area contributed by atoms with Gasteiger partial charge in [0.15, 0.2) is 0 Å². The molecule has 5 heteroatoms. The summed E-state index contributed by atoms with van der Waals surface area (Å²) in [6.07, 6.45) is 1.66. The second-order valence-electron chi connectivity index (χ2n) is 3.46. The van der Waals surface area contributed by atoms with Gasteiger partial charge in [-0.25, -0.2) is 4.79 Å². The lowest BCUT2D eigenvalue weighted by Gasteiger charge is -2.09. The van der Waals surface area contributed by atoms with Crippen LogP contribution in [0.3, 0.4) is 0 Å². The Labute approximate surface area is 104 Å². The molecule has 2 N–H and O–H groups in total. The first-order valence-electron chi connectivity index (χ1n) is 4.89. The van der Waals surface area contributed by atoms with Gasteiger partial charge in [0, 0.05) is 23.0 Å². The predicted octanol–water partition coefficient (Wildman–Crippen LogP) is 3.08. The number of carboxylic acids is 1. The fourth-order valence-corrected chi connectivity index (χ4v) is 2.23. The van der Waals surface area contributed by atoms with Gasteiger partial charge in [0.05, 0.1) is 4.34 Å². The molecule has 0 bridgehead atoms. The highest BCUT2D eigenvalue weighted by molar-refractivity contribution is 7.16. The third-order valence-electron chi connectivity index (χ3n) is 2.19. The first-order chi connectivity index (χ1) is 7.50.